The summed E-state index contributed by atoms with van der Waals surface area (Å²) < 4.78 is 13.0. The minimum Gasteiger partial charge on any atom is -0.387 e. The second-order valence-electron chi connectivity index (χ2n) is 4.47. The van der Waals surface area contributed by atoms with Gasteiger partial charge in [-0.15, -0.1) is 0 Å². The van der Waals surface area contributed by atoms with Crippen LogP contribution in [0.5, 0.6) is 0 Å². The Morgan fingerprint density at radius 3 is 2.89 bits per heavy atom. The fraction of sp³-hybridized carbons (Fsp3) is 0.267. The number of aliphatic hydroxyl groups excluding tert-OH is 1. The maximum absolute atomic E-state index is 13.0. The highest BCUT2D eigenvalue weighted by Gasteiger charge is 2.08. The summed E-state index contributed by atoms with van der Waals surface area (Å²) in [5.41, 5.74) is 2.63. The van der Waals surface area contributed by atoms with E-state index in [4.69, 9.17) is 0 Å². The van der Waals surface area contributed by atoms with Gasteiger partial charge in [0.1, 0.15) is 5.82 Å². The third-order valence-corrected chi connectivity index (χ3v) is 2.98. The third-order valence-electron chi connectivity index (χ3n) is 2.98. The van der Waals surface area contributed by atoms with Crippen LogP contribution in [0.3, 0.4) is 0 Å². The number of nitrogens with zero attached hydrogens (tertiary/aromatic N) is 1. The molecule has 1 atom stereocenters. The van der Waals surface area contributed by atoms with Crippen molar-refractivity contribution in [2.45, 2.75) is 19.6 Å². The average molecular weight is 260 g/mol. The molecule has 0 aliphatic rings. The van der Waals surface area contributed by atoms with Crippen molar-refractivity contribution in [3.05, 3.63) is 65.2 Å². The van der Waals surface area contributed by atoms with Gasteiger partial charge in [-0.2, -0.15) is 0 Å². The third kappa shape index (κ3) is 3.84. The first kappa shape index (κ1) is 13.6. The zero-order valence-corrected chi connectivity index (χ0v) is 10.8. The van der Waals surface area contributed by atoms with Crippen LogP contribution >= 0.6 is 0 Å². The molecule has 3 nitrogen and oxygen atoms in total. The lowest BCUT2D eigenvalue weighted by Gasteiger charge is -2.12. The van der Waals surface area contributed by atoms with E-state index in [0.717, 1.165) is 11.3 Å². The van der Waals surface area contributed by atoms with E-state index in [1.165, 1.54) is 12.1 Å². The van der Waals surface area contributed by atoms with E-state index in [9.17, 15) is 9.50 Å². The van der Waals surface area contributed by atoms with Crippen LogP contribution in [-0.4, -0.2) is 16.6 Å². The van der Waals surface area contributed by atoms with Crippen molar-refractivity contribution < 1.29 is 9.50 Å². The molecule has 100 valence electrons. The number of aromatic nitrogens is 1. The minimum absolute atomic E-state index is 0.336. The van der Waals surface area contributed by atoms with Gasteiger partial charge in [-0.3, -0.25) is 4.98 Å². The Kier molecular flexibility index (Phi) is 4.60. The molecule has 4 heteroatoms. The first-order chi connectivity index (χ1) is 9.16. The summed E-state index contributed by atoms with van der Waals surface area (Å²) in [5.74, 6) is -0.336. The van der Waals surface area contributed by atoms with Crippen molar-refractivity contribution in [3.63, 3.8) is 0 Å². The molecular weight excluding hydrogens is 243 g/mol. The van der Waals surface area contributed by atoms with Crippen molar-refractivity contribution >= 4 is 0 Å². The summed E-state index contributed by atoms with van der Waals surface area (Å²) in [6.45, 7) is 2.94. The lowest BCUT2D eigenvalue weighted by atomic mass is 10.1. The highest BCUT2D eigenvalue weighted by Crippen LogP contribution is 2.13. The summed E-state index contributed by atoms with van der Waals surface area (Å²) in [6, 6.07) is 9.89. The summed E-state index contributed by atoms with van der Waals surface area (Å²) in [4.78, 5) is 4.26. The Morgan fingerprint density at radius 1 is 1.32 bits per heavy atom. The van der Waals surface area contributed by atoms with Crippen molar-refractivity contribution in [1.82, 2.24) is 10.3 Å². The molecule has 0 amide bonds. The zero-order chi connectivity index (χ0) is 13.7. The predicted molar refractivity (Wildman–Crippen MR) is 72.0 cm³/mol. The number of hydrogen-bond donors (Lipinski definition) is 2. The molecule has 0 aliphatic heterocycles. The summed E-state index contributed by atoms with van der Waals surface area (Å²) in [7, 11) is 0. The Hall–Kier alpha value is -1.78. The first-order valence-corrected chi connectivity index (χ1v) is 6.21. The van der Waals surface area contributed by atoms with E-state index in [1.807, 2.05) is 19.1 Å². The van der Waals surface area contributed by atoms with Crippen LogP contribution in [0.2, 0.25) is 0 Å². The highest BCUT2D eigenvalue weighted by atomic mass is 19.1. The van der Waals surface area contributed by atoms with Gasteiger partial charge < -0.3 is 10.4 Å². The molecule has 1 aromatic carbocycles. The number of aliphatic hydroxyl groups is 1. The Labute approximate surface area is 112 Å². The lowest BCUT2D eigenvalue weighted by molar-refractivity contribution is 0.174. The molecule has 0 spiro atoms. The fourth-order valence-corrected chi connectivity index (χ4v) is 1.86. The highest BCUT2D eigenvalue weighted by molar-refractivity contribution is 5.19. The quantitative estimate of drug-likeness (QED) is 0.867. The van der Waals surface area contributed by atoms with Crippen LogP contribution < -0.4 is 5.32 Å². The summed E-state index contributed by atoms with van der Waals surface area (Å²) >= 11 is 0. The Morgan fingerprint density at radius 2 is 2.16 bits per heavy atom. The molecule has 2 rings (SSSR count). The van der Waals surface area contributed by atoms with Crippen molar-refractivity contribution in [3.8, 4) is 0 Å². The molecule has 19 heavy (non-hydrogen) atoms. The normalized spacial score (nSPS) is 12.4. The monoisotopic (exact) mass is 260 g/mol. The van der Waals surface area contributed by atoms with Crippen LogP contribution in [0.1, 0.15) is 22.9 Å². The van der Waals surface area contributed by atoms with Crippen LogP contribution in [0.15, 0.2) is 42.6 Å². The number of rotatable bonds is 5. The lowest BCUT2D eigenvalue weighted by Crippen LogP contribution is -2.22. The number of pyridine rings is 1. The molecule has 0 aliphatic carbocycles. The van der Waals surface area contributed by atoms with Crippen molar-refractivity contribution in [2.75, 3.05) is 6.54 Å². The van der Waals surface area contributed by atoms with Gasteiger partial charge in [0.15, 0.2) is 0 Å². The van der Waals surface area contributed by atoms with E-state index in [2.05, 4.69) is 10.3 Å². The molecule has 2 N–H and O–H groups in total. The smallest absolute Gasteiger partial charge is 0.123 e. The minimum atomic E-state index is -0.722. The predicted octanol–water partition coefficient (Wildman–Crippen LogP) is 2.35. The van der Waals surface area contributed by atoms with Crippen LogP contribution in [0.4, 0.5) is 4.39 Å². The van der Waals surface area contributed by atoms with Gasteiger partial charge in [-0.05, 0) is 36.2 Å². The van der Waals surface area contributed by atoms with E-state index in [1.54, 1.807) is 18.3 Å². The number of benzene rings is 1. The second kappa shape index (κ2) is 6.41. The molecule has 0 radical (unpaired) electrons. The first-order valence-electron chi connectivity index (χ1n) is 6.21. The molecule has 2 aromatic rings. The van der Waals surface area contributed by atoms with E-state index < -0.39 is 6.10 Å². The largest absolute Gasteiger partial charge is 0.387 e. The summed E-state index contributed by atoms with van der Waals surface area (Å²) in [5, 5.41) is 13.1. The zero-order valence-electron chi connectivity index (χ0n) is 10.8. The second-order valence-corrected chi connectivity index (χ2v) is 4.47. The standard InChI is InChI=1S/C15H17FN2O/c1-11-4-3-7-18-14(11)9-17-10-15(19)12-5-2-6-13(16)8-12/h2-8,15,17,19H,9-10H2,1H3. The van der Waals surface area contributed by atoms with Crippen molar-refractivity contribution in [1.29, 1.82) is 0 Å². The maximum Gasteiger partial charge on any atom is 0.123 e. The van der Waals surface area contributed by atoms with Crippen molar-refractivity contribution in [2.24, 2.45) is 0 Å². The molecule has 0 bridgehead atoms. The average Bonchev–Trinajstić information content (AvgIpc) is 2.41. The number of hydrogen-bond acceptors (Lipinski definition) is 3. The maximum atomic E-state index is 13.0. The van der Waals surface area contributed by atoms with Gasteiger partial charge in [-0.1, -0.05) is 18.2 Å². The number of halogens is 1. The van der Waals surface area contributed by atoms with E-state index >= 15 is 0 Å². The Balaban J connectivity index is 1.88. The fourth-order valence-electron chi connectivity index (χ4n) is 1.86. The Bertz CT molecular complexity index is 545. The SMILES string of the molecule is Cc1cccnc1CNCC(O)c1cccc(F)c1. The van der Waals surface area contributed by atoms with Gasteiger partial charge >= 0.3 is 0 Å². The van der Waals surface area contributed by atoms with Crippen LogP contribution in [-0.2, 0) is 6.54 Å². The molecule has 0 fully saturated rings. The van der Waals surface area contributed by atoms with E-state index in [-0.39, 0.29) is 5.82 Å². The van der Waals surface area contributed by atoms with Crippen LogP contribution in [0, 0.1) is 12.7 Å². The molecule has 1 unspecified atom stereocenters. The van der Waals surface area contributed by atoms with Gasteiger partial charge in [-0.25, -0.2) is 4.39 Å². The van der Waals surface area contributed by atoms with Gasteiger partial charge in [0.25, 0.3) is 0 Å². The van der Waals surface area contributed by atoms with Gasteiger partial charge in [0, 0.05) is 19.3 Å². The number of nitrogens with one attached hydrogen (secondary N) is 1. The molecule has 0 saturated carbocycles. The van der Waals surface area contributed by atoms with Gasteiger partial charge in [0.2, 0.25) is 0 Å². The molecular formula is C15H17FN2O. The number of aryl methyl sites for hydroxylation is 1. The van der Waals surface area contributed by atoms with E-state index in [0.29, 0.717) is 18.7 Å². The van der Waals surface area contributed by atoms with Gasteiger partial charge in [0.05, 0.1) is 11.8 Å². The molecule has 1 aromatic heterocycles. The topological polar surface area (TPSA) is 45.2 Å². The molecule has 0 saturated heterocycles. The van der Waals surface area contributed by atoms with Crippen LogP contribution in [0.25, 0.3) is 0 Å². The molecule has 1 heterocycles. The summed E-state index contributed by atoms with van der Waals surface area (Å²) in [6.07, 6.45) is 1.02.